The summed E-state index contributed by atoms with van der Waals surface area (Å²) in [6, 6.07) is 13.5. The third-order valence-corrected chi connectivity index (χ3v) is 5.94. The summed E-state index contributed by atoms with van der Waals surface area (Å²) in [5.41, 5.74) is 1.97. The summed E-state index contributed by atoms with van der Waals surface area (Å²) < 4.78 is 5.93. The smallest absolute Gasteiger partial charge is 0.305 e. The number of aryl methyl sites for hydroxylation is 1. The van der Waals surface area contributed by atoms with Gasteiger partial charge in [-0.05, 0) is 29.8 Å². The zero-order valence-corrected chi connectivity index (χ0v) is 18.4. The molecule has 2 aromatic carbocycles. The maximum atomic E-state index is 12.9. The van der Waals surface area contributed by atoms with E-state index in [1.807, 2.05) is 16.7 Å². The molecule has 0 spiro atoms. The molecule has 3 aromatic heterocycles. The van der Waals surface area contributed by atoms with Crippen molar-refractivity contribution in [2.45, 2.75) is 6.54 Å². The molecule has 0 N–H and O–H groups in total. The summed E-state index contributed by atoms with van der Waals surface area (Å²) in [6.07, 6.45) is 1.76. The Hall–Kier alpha value is -4.18. The second-order valence-corrected chi connectivity index (χ2v) is 8.13. The Kier molecular flexibility index (Phi) is 4.68. The molecule has 166 valence electrons. The van der Waals surface area contributed by atoms with E-state index in [0.29, 0.717) is 23.0 Å². The lowest BCUT2D eigenvalue weighted by Gasteiger charge is -2.09. The highest BCUT2D eigenvalue weighted by atomic mass is 35.5. The van der Waals surface area contributed by atoms with Crippen molar-refractivity contribution in [3.8, 4) is 11.3 Å². The zero-order chi connectivity index (χ0) is 23.4. The Bertz CT molecular complexity index is 1670. The molecule has 0 saturated heterocycles. The summed E-state index contributed by atoms with van der Waals surface area (Å²) in [5, 5.41) is 11.7. The van der Waals surface area contributed by atoms with E-state index < -0.39 is 16.2 Å². The Morgan fingerprint density at radius 1 is 1.00 bits per heavy atom. The van der Waals surface area contributed by atoms with E-state index >= 15 is 0 Å². The van der Waals surface area contributed by atoms with Gasteiger partial charge in [0.1, 0.15) is 0 Å². The number of hydrogen-bond acceptors (Lipinski definition) is 5. The molecular formula is C22H17ClN6O4. The van der Waals surface area contributed by atoms with Crippen molar-refractivity contribution in [3.63, 3.8) is 0 Å². The van der Waals surface area contributed by atoms with E-state index in [2.05, 4.69) is 4.98 Å². The van der Waals surface area contributed by atoms with Crippen LogP contribution in [-0.4, -0.2) is 28.0 Å². The lowest BCUT2D eigenvalue weighted by molar-refractivity contribution is -0.384. The van der Waals surface area contributed by atoms with Gasteiger partial charge in [-0.2, -0.15) is 4.98 Å². The van der Waals surface area contributed by atoms with Gasteiger partial charge in [0.25, 0.3) is 11.2 Å². The highest BCUT2D eigenvalue weighted by Crippen LogP contribution is 2.28. The molecule has 3 heterocycles. The fraction of sp³-hybridized carbons (Fsp3) is 0.136. The minimum Gasteiger partial charge on any atom is -0.305 e. The van der Waals surface area contributed by atoms with Crippen molar-refractivity contribution in [3.05, 3.63) is 96.3 Å². The van der Waals surface area contributed by atoms with Crippen molar-refractivity contribution in [1.82, 2.24) is 23.1 Å². The highest BCUT2D eigenvalue weighted by molar-refractivity contribution is 6.30. The van der Waals surface area contributed by atoms with Crippen molar-refractivity contribution >= 4 is 34.2 Å². The number of aromatic nitrogens is 5. The lowest BCUT2D eigenvalue weighted by atomic mass is 10.1. The number of nitrogens with zero attached hydrogens (tertiary/aromatic N) is 6. The van der Waals surface area contributed by atoms with E-state index in [-0.39, 0.29) is 16.9 Å². The second-order valence-electron chi connectivity index (χ2n) is 7.69. The number of hydrogen-bond donors (Lipinski definition) is 0. The molecule has 0 unspecified atom stereocenters. The number of nitro benzene ring substituents is 1. The molecule has 0 aliphatic rings. The number of imidazole rings is 2. The van der Waals surface area contributed by atoms with E-state index in [0.717, 1.165) is 15.7 Å². The Morgan fingerprint density at radius 2 is 1.67 bits per heavy atom. The molecule has 10 nitrogen and oxygen atoms in total. The summed E-state index contributed by atoms with van der Waals surface area (Å²) >= 11 is 6.03. The van der Waals surface area contributed by atoms with Gasteiger partial charge in [-0.15, -0.1) is 0 Å². The van der Waals surface area contributed by atoms with Crippen LogP contribution in [0.5, 0.6) is 0 Å². The minimum absolute atomic E-state index is 0.0198. The minimum atomic E-state index is -0.465. The fourth-order valence-corrected chi connectivity index (χ4v) is 4.05. The molecule has 0 bridgehead atoms. The highest BCUT2D eigenvalue weighted by Gasteiger charge is 2.21. The van der Waals surface area contributed by atoms with E-state index in [1.165, 1.54) is 23.7 Å². The Labute approximate surface area is 190 Å². The Balaban J connectivity index is 1.81. The number of halogens is 1. The largest absolute Gasteiger partial charge is 0.332 e. The van der Waals surface area contributed by atoms with Crippen LogP contribution in [0.4, 0.5) is 5.69 Å². The molecule has 0 fully saturated rings. The maximum Gasteiger partial charge on any atom is 0.332 e. The molecule has 0 atom stereocenters. The molecule has 0 radical (unpaired) electrons. The molecule has 0 aliphatic carbocycles. The fourth-order valence-electron chi connectivity index (χ4n) is 3.93. The number of nitro groups is 1. The van der Waals surface area contributed by atoms with Crippen LogP contribution in [0.15, 0.2) is 64.3 Å². The van der Waals surface area contributed by atoms with Crippen LogP contribution in [0.25, 0.3) is 28.2 Å². The summed E-state index contributed by atoms with van der Waals surface area (Å²) in [6.45, 7) is 0.400. The number of rotatable bonds is 4. The topological polar surface area (TPSA) is 109 Å². The van der Waals surface area contributed by atoms with Gasteiger partial charge in [-0.3, -0.25) is 28.4 Å². The quantitative estimate of drug-likeness (QED) is 0.300. The molecule has 5 rings (SSSR count). The van der Waals surface area contributed by atoms with Crippen molar-refractivity contribution < 1.29 is 4.92 Å². The summed E-state index contributed by atoms with van der Waals surface area (Å²) in [5.74, 6) is 0.464. The van der Waals surface area contributed by atoms with Crippen LogP contribution in [0.2, 0.25) is 5.02 Å². The lowest BCUT2D eigenvalue weighted by Crippen LogP contribution is -2.37. The van der Waals surface area contributed by atoms with Gasteiger partial charge >= 0.3 is 5.69 Å². The van der Waals surface area contributed by atoms with Crippen LogP contribution in [0.1, 0.15) is 5.56 Å². The first-order chi connectivity index (χ1) is 15.8. The van der Waals surface area contributed by atoms with Crippen LogP contribution < -0.4 is 11.2 Å². The first-order valence-corrected chi connectivity index (χ1v) is 10.3. The summed E-state index contributed by atoms with van der Waals surface area (Å²) in [4.78, 5) is 40.6. The predicted molar refractivity (Wildman–Crippen MR) is 124 cm³/mol. The number of benzene rings is 2. The van der Waals surface area contributed by atoms with E-state index in [9.17, 15) is 19.7 Å². The first-order valence-electron chi connectivity index (χ1n) is 9.93. The van der Waals surface area contributed by atoms with Crippen molar-refractivity contribution in [2.75, 3.05) is 0 Å². The van der Waals surface area contributed by atoms with Gasteiger partial charge in [-0.1, -0.05) is 23.7 Å². The van der Waals surface area contributed by atoms with Gasteiger partial charge in [0.05, 0.1) is 17.2 Å². The SMILES string of the molecule is Cn1c(=O)c2c(nc3n(Cc4ccc(Cl)cc4)c(-c4ccc([N+](=O)[O-])cc4)cn23)n(C)c1=O. The number of non-ortho nitro benzene ring substituents is 1. The predicted octanol–water partition coefficient (Wildman–Crippen LogP) is 2.96. The van der Waals surface area contributed by atoms with Crippen LogP contribution >= 0.6 is 11.6 Å². The van der Waals surface area contributed by atoms with Gasteiger partial charge in [-0.25, -0.2) is 4.79 Å². The molecule has 0 saturated carbocycles. The molecular weight excluding hydrogens is 448 g/mol. The van der Waals surface area contributed by atoms with E-state index in [1.54, 1.807) is 41.9 Å². The van der Waals surface area contributed by atoms with Gasteiger partial charge in [0, 0.05) is 43.0 Å². The third kappa shape index (κ3) is 3.23. The van der Waals surface area contributed by atoms with Gasteiger partial charge in [0.15, 0.2) is 11.2 Å². The van der Waals surface area contributed by atoms with Crippen molar-refractivity contribution in [1.29, 1.82) is 0 Å². The number of fused-ring (bicyclic) bond motifs is 3. The van der Waals surface area contributed by atoms with Crippen molar-refractivity contribution in [2.24, 2.45) is 14.1 Å². The third-order valence-electron chi connectivity index (χ3n) is 5.68. The van der Waals surface area contributed by atoms with E-state index in [4.69, 9.17) is 11.6 Å². The molecule has 0 amide bonds. The monoisotopic (exact) mass is 464 g/mol. The van der Waals surface area contributed by atoms with Gasteiger partial charge < -0.3 is 4.57 Å². The molecule has 33 heavy (non-hydrogen) atoms. The molecule has 11 heteroatoms. The van der Waals surface area contributed by atoms with Crippen LogP contribution in [-0.2, 0) is 20.6 Å². The maximum absolute atomic E-state index is 12.9. The van der Waals surface area contributed by atoms with Gasteiger partial charge in [0.2, 0.25) is 5.78 Å². The van der Waals surface area contributed by atoms with Crippen LogP contribution in [0.3, 0.4) is 0 Å². The average Bonchev–Trinajstić information content (AvgIpc) is 3.35. The Morgan fingerprint density at radius 3 is 2.30 bits per heavy atom. The molecule has 5 aromatic rings. The molecule has 0 aliphatic heterocycles. The zero-order valence-electron chi connectivity index (χ0n) is 17.6. The van der Waals surface area contributed by atoms with Crippen LogP contribution in [0, 0.1) is 10.1 Å². The first kappa shape index (κ1) is 20.7. The second kappa shape index (κ2) is 7.45. The normalized spacial score (nSPS) is 11.5. The standard InChI is InChI=1S/C22H17ClN6O4/c1-25-19-18(20(30)26(2)22(25)31)28-12-17(14-5-9-16(10-6-14)29(32)33)27(21(28)24-19)11-13-3-7-15(23)8-4-13/h3-10,12H,11H2,1-2H3. The average molecular weight is 465 g/mol. The summed E-state index contributed by atoms with van der Waals surface area (Å²) in [7, 11) is 2.99.